The molecule has 1 aromatic rings. The third-order valence-corrected chi connectivity index (χ3v) is 10.3. The number of esters is 1. The summed E-state index contributed by atoms with van der Waals surface area (Å²) in [5.74, 6) is 3.77. The van der Waals surface area contributed by atoms with Crippen molar-refractivity contribution in [2.45, 2.75) is 97.0 Å². The molecule has 0 saturated heterocycles. The van der Waals surface area contributed by atoms with Crippen molar-refractivity contribution in [2.75, 3.05) is 6.61 Å². The molecular weight excluding hydrogens is 390 g/mol. The van der Waals surface area contributed by atoms with Gasteiger partial charge in [-0.3, -0.25) is 0 Å². The van der Waals surface area contributed by atoms with Gasteiger partial charge in [-0.15, -0.1) is 0 Å². The Kier molecular flexibility index (Phi) is 5.08. The number of nitrogens with zero attached hydrogens (tertiary/aromatic N) is 1. The number of fused-ring (bicyclic) bond motifs is 5. The molecule has 172 valence electrons. The molecule has 5 heteroatoms. The molecule has 4 aliphatic rings. The second-order valence-corrected chi connectivity index (χ2v) is 11.9. The summed E-state index contributed by atoms with van der Waals surface area (Å²) in [6.45, 7) is 9.21. The lowest BCUT2D eigenvalue weighted by atomic mass is 9.44. The first kappa shape index (κ1) is 21.5. The van der Waals surface area contributed by atoms with Crippen LogP contribution in [0.15, 0.2) is 10.6 Å². The molecule has 4 saturated carbocycles. The first-order chi connectivity index (χ1) is 14.7. The first-order valence-electron chi connectivity index (χ1n) is 12.5. The maximum Gasteiger partial charge on any atom is 0.360 e. The Labute approximate surface area is 186 Å². The largest absolute Gasteiger partial charge is 0.461 e. The molecule has 0 aromatic carbocycles. The van der Waals surface area contributed by atoms with Crippen molar-refractivity contribution in [1.29, 1.82) is 0 Å². The molecule has 0 amide bonds. The summed E-state index contributed by atoms with van der Waals surface area (Å²) in [7, 11) is 0. The van der Waals surface area contributed by atoms with E-state index in [0.717, 1.165) is 36.9 Å². The summed E-state index contributed by atoms with van der Waals surface area (Å²) in [5.41, 5.74) is 0.436. The molecule has 1 heterocycles. The van der Waals surface area contributed by atoms with Gasteiger partial charge in [0.05, 0.1) is 12.2 Å². The van der Waals surface area contributed by atoms with Crippen LogP contribution in [0.5, 0.6) is 0 Å². The quantitative estimate of drug-likeness (QED) is 0.621. The van der Waals surface area contributed by atoms with E-state index in [0.29, 0.717) is 35.5 Å². The maximum atomic E-state index is 12.1. The lowest BCUT2D eigenvalue weighted by Gasteiger charge is -2.61. The van der Waals surface area contributed by atoms with Gasteiger partial charge >= 0.3 is 5.97 Å². The minimum Gasteiger partial charge on any atom is -0.461 e. The predicted molar refractivity (Wildman–Crippen MR) is 118 cm³/mol. The maximum absolute atomic E-state index is 12.1. The van der Waals surface area contributed by atoms with Crippen LogP contribution in [0.3, 0.4) is 0 Å². The molecule has 8 atom stereocenters. The van der Waals surface area contributed by atoms with Gasteiger partial charge in [-0.1, -0.05) is 19.0 Å². The van der Waals surface area contributed by atoms with Gasteiger partial charge in [-0.25, -0.2) is 4.79 Å². The molecule has 0 radical (unpaired) electrons. The second kappa shape index (κ2) is 7.33. The van der Waals surface area contributed by atoms with Gasteiger partial charge in [0.1, 0.15) is 5.76 Å². The summed E-state index contributed by atoms with van der Waals surface area (Å²) in [4.78, 5) is 12.1. The average Bonchev–Trinajstić information content (AvgIpc) is 3.32. The molecular formula is C26H39NO4. The van der Waals surface area contributed by atoms with Crippen LogP contribution < -0.4 is 0 Å². The van der Waals surface area contributed by atoms with Crippen LogP contribution in [0, 0.1) is 34.5 Å². The minimum atomic E-state index is -0.471. The smallest absolute Gasteiger partial charge is 0.360 e. The van der Waals surface area contributed by atoms with Crippen LogP contribution in [0.2, 0.25) is 0 Å². The van der Waals surface area contributed by atoms with E-state index in [1.807, 2.05) is 19.9 Å². The molecule has 5 nitrogen and oxygen atoms in total. The fraction of sp³-hybridized carbons (Fsp3) is 0.846. The normalized spacial score (nSPS) is 46.7. The van der Waals surface area contributed by atoms with Gasteiger partial charge in [0.15, 0.2) is 5.69 Å². The van der Waals surface area contributed by atoms with E-state index >= 15 is 0 Å². The lowest BCUT2D eigenvalue weighted by molar-refractivity contribution is -0.144. The zero-order chi connectivity index (χ0) is 22.0. The Morgan fingerprint density at radius 1 is 1.10 bits per heavy atom. The van der Waals surface area contributed by atoms with Gasteiger partial charge in [0.25, 0.3) is 0 Å². The molecule has 4 aliphatic carbocycles. The number of aromatic nitrogens is 1. The van der Waals surface area contributed by atoms with E-state index in [-0.39, 0.29) is 11.4 Å². The third-order valence-electron chi connectivity index (χ3n) is 10.3. The van der Waals surface area contributed by atoms with Gasteiger partial charge < -0.3 is 14.4 Å². The zero-order valence-corrected chi connectivity index (χ0v) is 19.7. The molecule has 0 aliphatic heterocycles. The van der Waals surface area contributed by atoms with Crippen molar-refractivity contribution in [1.82, 2.24) is 5.16 Å². The molecule has 0 bridgehead atoms. The highest BCUT2D eigenvalue weighted by Crippen LogP contribution is 2.69. The highest BCUT2D eigenvalue weighted by Gasteiger charge is 2.61. The van der Waals surface area contributed by atoms with Crippen molar-refractivity contribution < 1.29 is 19.2 Å². The second-order valence-electron chi connectivity index (χ2n) is 11.9. The van der Waals surface area contributed by atoms with E-state index in [9.17, 15) is 9.90 Å². The molecule has 0 spiro atoms. The summed E-state index contributed by atoms with van der Waals surface area (Å²) < 4.78 is 10.8. The fourth-order valence-corrected chi connectivity index (χ4v) is 8.65. The van der Waals surface area contributed by atoms with Gasteiger partial charge in [-0.05, 0) is 106 Å². The van der Waals surface area contributed by atoms with Crippen LogP contribution in [0.25, 0.3) is 0 Å². The monoisotopic (exact) mass is 429 g/mol. The number of hydrogen-bond donors (Lipinski definition) is 1. The van der Waals surface area contributed by atoms with E-state index in [1.165, 1.54) is 38.5 Å². The topological polar surface area (TPSA) is 72.6 Å². The predicted octanol–water partition coefficient (Wildman–Crippen LogP) is 5.73. The number of aliphatic hydroxyl groups is 1. The van der Waals surface area contributed by atoms with E-state index in [2.05, 4.69) is 19.0 Å². The highest BCUT2D eigenvalue weighted by molar-refractivity contribution is 5.87. The van der Waals surface area contributed by atoms with Crippen molar-refractivity contribution in [3.63, 3.8) is 0 Å². The molecule has 4 unspecified atom stereocenters. The van der Waals surface area contributed by atoms with Crippen LogP contribution in [0.1, 0.15) is 108 Å². The van der Waals surface area contributed by atoms with E-state index in [4.69, 9.17) is 9.26 Å². The molecule has 1 N–H and O–H groups in total. The van der Waals surface area contributed by atoms with Crippen molar-refractivity contribution in [2.24, 2.45) is 34.5 Å². The Morgan fingerprint density at radius 3 is 2.65 bits per heavy atom. The number of ether oxygens (including phenoxy) is 1. The molecule has 31 heavy (non-hydrogen) atoms. The van der Waals surface area contributed by atoms with Crippen LogP contribution in [0.4, 0.5) is 0 Å². The number of carbonyl (C=O) groups is 1. The van der Waals surface area contributed by atoms with Gasteiger partial charge in [0, 0.05) is 12.0 Å². The zero-order valence-electron chi connectivity index (χ0n) is 19.7. The molecule has 1 aromatic heterocycles. The lowest BCUT2D eigenvalue weighted by Crippen LogP contribution is -2.55. The summed E-state index contributed by atoms with van der Waals surface area (Å²) in [5, 5.41) is 14.7. The van der Waals surface area contributed by atoms with Crippen molar-refractivity contribution in [3.05, 3.63) is 17.5 Å². The summed E-state index contributed by atoms with van der Waals surface area (Å²) in [6.07, 6.45) is 10.5. The van der Waals surface area contributed by atoms with Crippen LogP contribution in [-0.4, -0.2) is 28.4 Å². The Balaban J connectivity index is 1.37. The molecule has 4 fully saturated rings. The number of hydrogen-bond acceptors (Lipinski definition) is 5. The highest BCUT2D eigenvalue weighted by atomic mass is 16.5. The van der Waals surface area contributed by atoms with E-state index < -0.39 is 5.60 Å². The van der Waals surface area contributed by atoms with Crippen LogP contribution in [-0.2, 0) is 4.74 Å². The first-order valence-corrected chi connectivity index (χ1v) is 12.5. The van der Waals surface area contributed by atoms with E-state index in [1.54, 1.807) is 0 Å². The molecule has 5 rings (SSSR count). The van der Waals surface area contributed by atoms with Crippen LogP contribution >= 0.6 is 0 Å². The van der Waals surface area contributed by atoms with Gasteiger partial charge in [-0.2, -0.15) is 0 Å². The van der Waals surface area contributed by atoms with Crippen molar-refractivity contribution >= 4 is 5.97 Å². The Bertz CT molecular complexity index is 846. The minimum absolute atomic E-state index is 0.218. The summed E-state index contributed by atoms with van der Waals surface area (Å²) in [6, 6.07) is 1.84. The van der Waals surface area contributed by atoms with Gasteiger partial charge in [0.2, 0.25) is 0 Å². The fourth-order valence-electron chi connectivity index (χ4n) is 8.65. The Morgan fingerprint density at radius 2 is 1.87 bits per heavy atom. The Hall–Kier alpha value is -1.36. The average molecular weight is 430 g/mol. The summed E-state index contributed by atoms with van der Waals surface area (Å²) >= 11 is 0. The number of carbonyl (C=O) groups excluding carboxylic acids is 1. The van der Waals surface area contributed by atoms with Crippen molar-refractivity contribution in [3.8, 4) is 0 Å². The third kappa shape index (κ3) is 3.29. The SMILES string of the molecule is CCOC(=O)c1cc([C@H]2CCC3C4CCC5C[C@](C)(O)CC[C@]5(C)C4CC[C@@]32C)on1. The standard InChI is InChI=1S/C26H39NO4/c1-5-30-23(28)21-14-22(31-27-21)20-9-8-18-17-7-6-16-15-24(2,29)12-13-25(16,3)19(17)10-11-26(18,20)4/h14,16-20,29H,5-13,15H2,1-4H3/t16?,17?,18?,19?,20-,24-,25+,26+/m1/s1. The number of rotatable bonds is 3.